The average molecular weight is 138 g/mol. The first-order valence-electron chi connectivity index (χ1n) is 3.78. The van der Waals surface area contributed by atoms with Crippen LogP contribution in [0.5, 0.6) is 0 Å². The number of allylic oxidation sites excluding steroid dienone is 1. The summed E-state index contributed by atoms with van der Waals surface area (Å²) in [6.07, 6.45) is 3.01. The molecule has 56 valence electrons. The Kier molecular flexibility index (Phi) is 2.10. The molecule has 1 fully saturated rings. The van der Waals surface area contributed by atoms with Gasteiger partial charge in [0.05, 0.1) is 0 Å². The van der Waals surface area contributed by atoms with Crippen LogP contribution in [0.25, 0.3) is 0 Å². The summed E-state index contributed by atoms with van der Waals surface area (Å²) in [7, 11) is 0. The lowest BCUT2D eigenvalue weighted by molar-refractivity contribution is 0.536. The number of rotatable bonds is 2. The number of nitrogens with one attached hydrogen (secondary N) is 1. The monoisotopic (exact) mass is 138 g/mol. The van der Waals surface area contributed by atoms with E-state index in [0.717, 1.165) is 37.3 Å². The van der Waals surface area contributed by atoms with Gasteiger partial charge in [0, 0.05) is 18.7 Å². The van der Waals surface area contributed by atoms with Crippen LogP contribution in [-0.4, -0.2) is 17.3 Å². The lowest BCUT2D eigenvalue weighted by Gasteiger charge is -2.18. The van der Waals surface area contributed by atoms with Crippen LogP contribution in [0.3, 0.4) is 0 Å². The summed E-state index contributed by atoms with van der Waals surface area (Å²) in [6, 6.07) is 0. The third-order valence-electron chi connectivity index (χ3n) is 1.91. The summed E-state index contributed by atoms with van der Waals surface area (Å²) < 4.78 is 0. The number of likely N-dealkylation sites (tertiary alicyclic amines) is 1. The first-order chi connectivity index (χ1) is 4.75. The third kappa shape index (κ3) is 1.20. The van der Waals surface area contributed by atoms with E-state index in [1.54, 1.807) is 0 Å². The molecule has 0 unspecified atom stereocenters. The zero-order valence-corrected chi connectivity index (χ0v) is 6.48. The Labute approximate surface area is 62.0 Å². The fourth-order valence-electron chi connectivity index (χ4n) is 1.21. The van der Waals surface area contributed by atoms with Crippen molar-refractivity contribution in [1.82, 2.24) is 4.90 Å². The second kappa shape index (κ2) is 2.86. The molecule has 1 aliphatic rings. The number of nitrogens with zero attached hydrogens (tertiary/aromatic N) is 1. The normalized spacial score (nSPS) is 18.1. The highest BCUT2D eigenvalue weighted by atomic mass is 15.2. The largest absolute Gasteiger partial charge is 0.335 e. The van der Waals surface area contributed by atoms with Gasteiger partial charge in [-0.15, -0.1) is 0 Å². The first-order valence-corrected chi connectivity index (χ1v) is 3.78. The third-order valence-corrected chi connectivity index (χ3v) is 1.91. The Morgan fingerprint density at radius 2 is 2.50 bits per heavy atom. The zero-order valence-electron chi connectivity index (χ0n) is 6.48. The van der Waals surface area contributed by atoms with E-state index >= 15 is 0 Å². The molecule has 1 heterocycles. The van der Waals surface area contributed by atoms with Gasteiger partial charge >= 0.3 is 0 Å². The maximum Gasteiger partial charge on any atom is 0.100 e. The van der Waals surface area contributed by atoms with Crippen molar-refractivity contribution in [2.24, 2.45) is 0 Å². The number of hydrogen-bond donors (Lipinski definition) is 1. The highest BCUT2D eigenvalue weighted by Crippen LogP contribution is 2.16. The van der Waals surface area contributed by atoms with Crippen LogP contribution in [0.4, 0.5) is 0 Å². The number of amidine groups is 1. The summed E-state index contributed by atoms with van der Waals surface area (Å²) in [5, 5.41) is 7.50. The van der Waals surface area contributed by atoms with E-state index in [-0.39, 0.29) is 0 Å². The van der Waals surface area contributed by atoms with Crippen LogP contribution < -0.4 is 0 Å². The molecular weight excluding hydrogens is 124 g/mol. The molecule has 1 saturated heterocycles. The van der Waals surface area contributed by atoms with Gasteiger partial charge in [0.2, 0.25) is 0 Å². The summed E-state index contributed by atoms with van der Waals surface area (Å²) in [5.41, 5.74) is 1.09. The molecule has 0 aliphatic carbocycles. The highest BCUT2D eigenvalue weighted by Gasteiger charge is 2.17. The van der Waals surface area contributed by atoms with Gasteiger partial charge in [0.1, 0.15) is 5.84 Å². The van der Waals surface area contributed by atoms with E-state index in [1.807, 2.05) is 4.90 Å². The molecule has 0 aromatic heterocycles. The van der Waals surface area contributed by atoms with Gasteiger partial charge in [0.15, 0.2) is 0 Å². The van der Waals surface area contributed by atoms with Crippen molar-refractivity contribution in [2.75, 3.05) is 6.54 Å². The molecule has 1 N–H and O–H groups in total. The van der Waals surface area contributed by atoms with Crippen molar-refractivity contribution in [1.29, 1.82) is 5.41 Å². The van der Waals surface area contributed by atoms with E-state index in [4.69, 9.17) is 5.41 Å². The molecule has 2 nitrogen and oxygen atoms in total. The molecule has 1 aliphatic heterocycles. The fourth-order valence-corrected chi connectivity index (χ4v) is 1.21. The van der Waals surface area contributed by atoms with E-state index in [1.165, 1.54) is 0 Å². The van der Waals surface area contributed by atoms with Crippen molar-refractivity contribution in [3.05, 3.63) is 12.3 Å². The Hall–Kier alpha value is -0.790. The molecule has 0 aromatic rings. The lowest BCUT2D eigenvalue weighted by atomic mass is 10.3. The van der Waals surface area contributed by atoms with Crippen LogP contribution in [0.1, 0.15) is 26.2 Å². The summed E-state index contributed by atoms with van der Waals surface area (Å²) in [5.74, 6) is 0.742. The van der Waals surface area contributed by atoms with Crippen LogP contribution in [0.2, 0.25) is 0 Å². The van der Waals surface area contributed by atoms with Crippen molar-refractivity contribution < 1.29 is 0 Å². The Balaban J connectivity index is 2.55. The van der Waals surface area contributed by atoms with Gasteiger partial charge < -0.3 is 4.90 Å². The lowest BCUT2D eigenvalue weighted by Crippen LogP contribution is -2.22. The maximum absolute atomic E-state index is 7.50. The molecule has 0 amide bonds. The molecule has 0 atom stereocenters. The number of hydrogen-bond acceptors (Lipinski definition) is 1. The summed E-state index contributed by atoms with van der Waals surface area (Å²) in [4.78, 5) is 2.01. The van der Waals surface area contributed by atoms with Gasteiger partial charge in [-0.05, 0) is 12.8 Å². The second-order valence-electron chi connectivity index (χ2n) is 2.62. The summed E-state index contributed by atoms with van der Waals surface area (Å²) in [6.45, 7) is 6.97. The standard InChI is InChI=1S/C8H14N2/c1-3-7(2)10-6-4-5-8(10)9/h9H,2-6H2,1H3. The molecule has 0 radical (unpaired) electrons. The molecule has 10 heavy (non-hydrogen) atoms. The Bertz CT molecular complexity index is 161. The van der Waals surface area contributed by atoms with E-state index in [9.17, 15) is 0 Å². The molecule has 0 spiro atoms. The molecule has 0 bridgehead atoms. The van der Waals surface area contributed by atoms with Crippen LogP contribution in [0, 0.1) is 5.41 Å². The summed E-state index contributed by atoms with van der Waals surface area (Å²) >= 11 is 0. The molecule has 2 heteroatoms. The van der Waals surface area contributed by atoms with Gasteiger partial charge in [-0.1, -0.05) is 13.5 Å². The Morgan fingerprint density at radius 1 is 1.80 bits per heavy atom. The van der Waals surface area contributed by atoms with Crippen LogP contribution >= 0.6 is 0 Å². The molecule has 0 aromatic carbocycles. The maximum atomic E-state index is 7.50. The van der Waals surface area contributed by atoms with E-state index < -0.39 is 0 Å². The SMILES string of the molecule is C=C(CC)N1CCCC1=N. The highest BCUT2D eigenvalue weighted by molar-refractivity contribution is 5.82. The average Bonchev–Trinajstić information content (AvgIpc) is 2.34. The van der Waals surface area contributed by atoms with Crippen molar-refractivity contribution in [3.8, 4) is 0 Å². The predicted octanol–water partition coefficient (Wildman–Crippen LogP) is 1.98. The van der Waals surface area contributed by atoms with Gasteiger partial charge in [0.25, 0.3) is 0 Å². The van der Waals surface area contributed by atoms with Gasteiger partial charge in [-0.2, -0.15) is 0 Å². The zero-order chi connectivity index (χ0) is 7.56. The fraction of sp³-hybridized carbons (Fsp3) is 0.625. The minimum Gasteiger partial charge on any atom is -0.335 e. The van der Waals surface area contributed by atoms with E-state index in [0.29, 0.717) is 0 Å². The smallest absolute Gasteiger partial charge is 0.100 e. The topological polar surface area (TPSA) is 27.1 Å². The van der Waals surface area contributed by atoms with Crippen molar-refractivity contribution >= 4 is 5.84 Å². The van der Waals surface area contributed by atoms with E-state index in [2.05, 4.69) is 13.5 Å². The van der Waals surface area contributed by atoms with Crippen molar-refractivity contribution in [3.63, 3.8) is 0 Å². The minimum atomic E-state index is 0.742. The van der Waals surface area contributed by atoms with Crippen molar-refractivity contribution in [2.45, 2.75) is 26.2 Å². The van der Waals surface area contributed by atoms with Gasteiger partial charge in [-0.3, -0.25) is 5.41 Å². The van der Waals surface area contributed by atoms with Gasteiger partial charge in [-0.25, -0.2) is 0 Å². The first kappa shape index (κ1) is 7.32. The quantitative estimate of drug-likeness (QED) is 0.620. The van der Waals surface area contributed by atoms with Crippen LogP contribution in [-0.2, 0) is 0 Å². The Morgan fingerprint density at radius 3 is 2.90 bits per heavy atom. The second-order valence-corrected chi connectivity index (χ2v) is 2.62. The van der Waals surface area contributed by atoms with Crippen LogP contribution in [0.15, 0.2) is 12.3 Å². The molecular formula is C8H14N2. The minimum absolute atomic E-state index is 0.742. The molecule has 1 rings (SSSR count). The molecule has 0 saturated carbocycles. The predicted molar refractivity (Wildman–Crippen MR) is 43.1 cm³/mol.